The van der Waals surface area contributed by atoms with Crippen LogP contribution in [0.5, 0.6) is 0 Å². The molecule has 8 nitrogen and oxygen atoms in total. The molecule has 0 atom stereocenters. The number of rotatable bonds is 7. The lowest BCUT2D eigenvalue weighted by molar-refractivity contribution is -0.121. The summed E-state index contributed by atoms with van der Waals surface area (Å²) in [5.41, 5.74) is 3.25. The van der Waals surface area contributed by atoms with Gasteiger partial charge in [0.05, 0.1) is 46.4 Å². The van der Waals surface area contributed by atoms with E-state index < -0.39 is 0 Å². The molecule has 4 rings (SSSR count). The van der Waals surface area contributed by atoms with Gasteiger partial charge in [-0.05, 0) is 45.8 Å². The van der Waals surface area contributed by atoms with Crippen LogP contribution in [0.4, 0.5) is 11.4 Å². The quantitative estimate of drug-likeness (QED) is 0.507. The summed E-state index contributed by atoms with van der Waals surface area (Å²) in [7, 11) is 0. The Morgan fingerprint density at radius 3 is 2.73 bits per heavy atom. The Hall–Kier alpha value is -3.30. The minimum atomic E-state index is -0.283. The van der Waals surface area contributed by atoms with E-state index in [9.17, 15) is 9.59 Å². The molecule has 1 fully saturated rings. The number of amides is 2. The molecule has 0 bridgehead atoms. The van der Waals surface area contributed by atoms with Gasteiger partial charge in [0.1, 0.15) is 4.83 Å². The van der Waals surface area contributed by atoms with Gasteiger partial charge in [-0.2, -0.15) is 5.10 Å². The van der Waals surface area contributed by atoms with E-state index in [0.717, 1.165) is 28.2 Å². The largest absolute Gasteiger partial charge is 0.324 e. The first-order valence-corrected chi connectivity index (χ1v) is 11.6. The van der Waals surface area contributed by atoms with Crippen molar-refractivity contribution in [3.05, 3.63) is 59.5 Å². The van der Waals surface area contributed by atoms with Gasteiger partial charge in [-0.15, -0.1) is 11.3 Å². The number of nitrogens with one attached hydrogen (secondary N) is 2. The second-order valence-electron chi connectivity index (χ2n) is 8.69. The molecule has 3 aromatic rings. The van der Waals surface area contributed by atoms with E-state index >= 15 is 0 Å². The van der Waals surface area contributed by atoms with Gasteiger partial charge in [0.15, 0.2) is 0 Å². The van der Waals surface area contributed by atoms with E-state index in [2.05, 4.69) is 46.0 Å². The van der Waals surface area contributed by atoms with Gasteiger partial charge in [0.2, 0.25) is 5.91 Å². The average Bonchev–Trinajstić information content (AvgIpc) is 3.35. The Bertz CT molecular complexity index is 1270. The number of likely N-dealkylation sites (tertiary alicyclic amines) is 1. The highest BCUT2D eigenvalue weighted by Crippen LogP contribution is 2.30. The average molecular weight is 465 g/mol. The fraction of sp³-hybridized carbons (Fsp3) is 0.333. The van der Waals surface area contributed by atoms with Gasteiger partial charge in [0.25, 0.3) is 5.91 Å². The van der Waals surface area contributed by atoms with Crippen LogP contribution in [0.3, 0.4) is 0 Å². The zero-order valence-corrected chi connectivity index (χ0v) is 20.1. The third-order valence-electron chi connectivity index (χ3n) is 6.06. The molecule has 2 N–H and O–H groups in total. The highest BCUT2D eigenvalue weighted by atomic mass is 32.1. The molecule has 1 aliphatic heterocycles. The molecule has 9 heteroatoms. The summed E-state index contributed by atoms with van der Waals surface area (Å²) in [4.78, 5) is 33.7. The van der Waals surface area contributed by atoms with Crippen LogP contribution in [0, 0.1) is 6.92 Å². The molecule has 1 saturated heterocycles. The Morgan fingerprint density at radius 2 is 2.09 bits per heavy atom. The third-order valence-corrected chi connectivity index (χ3v) is 7.22. The van der Waals surface area contributed by atoms with Crippen molar-refractivity contribution in [1.29, 1.82) is 0 Å². The number of pyridine rings is 1. The highest BCUT2D eigenvalue weighted by Gasteiger charge is 2.36. The molecule has 4 heterocycles. The zero-order valence-electron chi connectivity index (χ0n) is 19.3. The van der Waals surface area contributed by atoms with Crippen molar-refractivity contribution in [2.75, 3.05) is 23.7 Å². The topological polar surface area (TPSA) is 91.6 Å². The number of anilines is 2. The number of thiazole rings is 1. The number of hydrogen-bond acceptors (Lipinski definition) is 6. The van der Waals surface area contributed by atoms with E-state index in [-0.39, 0.29) is 17.4 Å². The summed E-state index contributed by atoms with van der Waals surface area (Å²) in [5.74, 6) is -0.382. The lowest BCUT2D eigenvalue weighted by Gasteiger charge is -2.48. The maximum atomic E-state index is 13.0. The van der Waals surface area contributed by atoms with Gasteiger partial charge in [0, 0.05) is 18.3 Å². The molecule has 0 aromatic carbocycles. The third kappa shape index (κ3) is 4.60. The number of hydrogen-bond donors (Lipinski definition) is 2. The van der Waals surface area contributed by atoms with Crippen LogP contribution in [0.15, 0.2) is 43.4 Å². The predicted octanol–water partition coefficient (Wildman–Crippen LogP) is 4.36. The molecule has 3 aromatic heterocycles. The predicted molar refractivity (Wildman–Crippen MR) is 133 cm³/mol. The fourth-order valence-electron chi connectivity index (χ4n) is 3.74. The van der Waals surface area contributed by atoms with Crippen LogP contribution >= 0.6 is 11.3 Å². The van der Waals surface area contributed by atoms with E-state index in [1.54, 1.807) is 29.1 Å². The first-order valence-electron chi connectivity index (χ1n) is 10.8. The van der Waals surface area contributed by atoms with E-state index in [4.69, 9.17) is 0 Å². The lowest BCUT2D eigenvalue weighted by Crippen LogP contribution is -2.57. The van der Waals surface area contributed by atoms with Gasteiger partial charge in [-0.3, -0.25) is 19.5 Å². The number of aromatic nitrogens is 3. The number of nitrogens with zero attached hydrogens (tertiary/aromatic N) is 4. The Kier molecular flexibility index (Phi) is 6.18. The molecule has 0 radical (unpaired) electrons. The SMILES string of the molecule is C=C/C(=C\C)c1cn2ncc(C(=O)Nc3cc(NC(=O)CN4CCC4(C)C)cnc3C)c2s1. The fourth-order valence-corrected chi connectivity index (χ4v) is 4.87. The van der Waals surface area contributed by atoms with Gasteiger partial charge >= 0.3 is 0 Å². The highest BCUT2D eigenvalue weighted by molar-refractivity contribution is 7.18. The molecule has 172 valence electrons. The van der Waals surface area contributed by atoms with E-state index in [1.807, 2.05) is 26.1 Å². The van der Waals surface area contributed by atoms with Crippen molar-refractivity contribution >= 4 is 44.9 Å². The number of carbonyl (C=O) groups is 2. The Labute approximate surface area is 197 Å². The smallest absolute Gasteiger partial charge is 0.260 e. The first-order chi connectivity index (χ1) is 15.7. The maximum Gasteiger partial charge on any atom is 0.260 e. The normalized spacial score (nSPS) is 15.8. The molecule has 1 aliphatic rings. The Balaban J connectivity index is 1.49. The van der Waals surface area contributed by atoms with Crippen LogP contribution in [0.1, 0.15) is 48.1 Å². The van der Waals surface area contributed by atoms with Crippen molar-refractivity contribution in [3.63, 3.8) is 0 Å². The van der Waals surface area contributed by atoms with Gasteiger partial charge in [-0.1, -0.05) is 18.7 Å². The molecule has 0 aliphatic carbocycles. The van der Waals surface area contributed by atoms with Crippen molar-refractivity contribution in [3.8, 4) is 0 Å². The number of allylic oxidation sites excluding steroid dienone is 3. The number of fused-ring (bicyclic) bond motifs is 1. The maximum absolute atomic E-state index is 13.0. The van der Waals surface area contributed by atoms with Crippen molar-refractivity contribution in [1.82, 2.24) is 19.5 Å². The van der Waals surface area contributed by atoms with Crippen molar-refractivity contribution < 1.29 is 9.59 Å². The summed E-state index contributed by atoms with van der Waals surface area (Å²) in [5, 5.41) is 10.1. The number of aryl methyl sites for hydroxylation is 1. The summed E-state index contributed by atoms with van der Waals surface area (Å²) < 4.78 is 1.70. The minimum Gasteiger partial charge on any atom is -0.324 e. The van der Waals surface area contributed by atoms with Crippen molar-refractivity contribution in [2.24, 2.45) is 0 Å². The van der Waals surface area contributed by atoms with Crippen molar-refractivity contribution in [2.45, 2.75) is 39.7 Å². The van der Waals surface area contributed by atoms with Gasteiger partial charge in [-0.25, -0.2) is 4.52 Å². The second kappa shape index (κ2) is 8.92. The van der Waals surface area contributed by atoms with Crippen LogP contribution in [0.2, 0.25) is 0 Å². The summed E-state index contributed by atoms with van der Waals surface area (Å²) in [6.45, 7) is 13.1. The molecule has 0 saturated carbocycles. The van der Waals surface area contributed by atoms with Crippen LogP contribution in [0.25, 0.3) is 10.4 Å². The lowest BCUT2D eigenvalue weighted by atomic mass is 9.89. The molecule has 0 spiro atoms. The molecular formula is C24H28N6O2S. The van der Waals surface area contributed by atoms with Gasteiger partial charge < -0.3 is 10.6 Å². The van der Waals surface area contributed by atoms with Crippen LogP contribution in [-0.2, 0) is 4.79 Å². The van der Waals surface area contributed by atoms with E-state index in [0.29, 0.717) is 29.2 Å². The standard InChI is InChI=1S/C24H28N6O2S/c1-6-16(7-2)20-13-30-23(33-20)18(12-26-30)22(32)28-19-10-17(11-25-15(19)3)27-21(31)14-29-9-8-24(29,4)5/h6-7,10-13H,1,8-9,14H2,2-5H3,(H,27,31)(H,28,32)/b16-7+. The van der Waals surface area contributed by atoms with Crippen LogP contribution in [-0.4, -0.2) is 49.9 Å². The second-order valence-corrected chi connectivity index (χ2v) is 9.73. The number of carbonyl (C=O) groups excluding carboxylic acids is 2. The summed E-state index contributed by atoms with van der Waals surface area (Å²) in [6, 6.07) is 1.73. The molecule has 0 unspecified atom stereocenters. The molecule has 2 amide bonds. The van der Waals surface area contributed by atoms with Crippen LogP contribution < -0.4 is 10.6 Å². The summed E-state index contributed by atoms with van der Waals surface area (Å²) in [6.07, 6.45) is 9.87. The first kappa shape index (κ1) is 22.9. The zero-order chi connectivity index (χ0) is 23.8. The minimum absolute atomic E-state index is 0.0555. The van der Waals surface area contributed by atoms with E-state index in [1.165, 1.54) is 11.3 Å². The Morgan fingerprint density at radius 1 is 1.30 bits per heavy atom. The monoisotopic (exact) mass is 464 g/mol. The summed E-state index contributed by atoms with van der Waals surface area (Å²) >= 11 is 1.48. The molecule has 33 heavy (non-hydrogen) atoms. The molecular weight excluding hydrogens is 436 g/mol.